The lowest BCUT2D eigenvalue weighted by Crippen LogP contribution is -2.40. The molecule has 1 saturated heterocycles. The van der Waals surface area contributed by atoms with Gasteiger partial charge in [-0.05, 0) is 53.1 Å². The van der Waals surface area contributed by atoms with Gasteiger partial charge in [0, 0.05) is 0 Å². The predicted molar refractivity (Wildman–Crippen MR) is 219 cm³/mol. The zero-order valence-electron chi connectivity index (χ0n) is 33.3. The minimum Gasteiger partial charge on any atom is -0.497 e. The van der Waals surface area contributed by atoms with Crippen LogP contribution in [0.5, 0.6) is 17.2 Å². The Morgan fingerprint density at radius 1 is 0.885 bits per heavy atom. The number of nitrogens with zero attached hydrogens (tertiary/aromatic N) is 4. The van der Waals surface area contributed by atoms with Gasteiger partial charge in [0.15, 0.2) is 24.0 Å². The van der Waals surface area contributed by atoms with Crippen LogP contribution in [0.3, 0.4) is 0 Å². The highest BCUT2D eigenvalue weighted by Crippen LogP contribution is 2.43. The molecule has 61 heavy (non-hydrogen) atoms. The van der Waals surface area contributed by atoms with Gasteiger partial charge in [-0.2, -0.15) is 10.2 Å². The molecule has 7 rings (SSSR count). The molecule has 316 valence electrons. The average molecular weight is 833 g/mol. The van der Waals surface area contributed by atoms with E-state index in [2.05, 4.69) is 20.3 Å². The van der Waals surface area contributed by atoms with E-state index in [1.54, 1.807) is 38.5 Å². The SMILES string of the molecule is COc1ccc(C(OC[C@H]2O[C@@H](n3cnc4c(=O)[nH]c(NC(=O)COc5ccccc5)nc43)[C@H](OCOCOCCC#N)[C@@H]2O)(c2ccccc2)c2ccc(OC)cc2)cc1. The molecule has 0 bridgehead atoms. The number of hydrogen-bond donors (Lipinski definition) is 3. The topological polar surface area (TPSA) is 211 Å². The van der Waals surface area contributed by atoms with Crippen molar-refractivity contribution in [1.82, 2.24) is 19.5 Å². The van der Waals surface area contributed by atoms with Gasteiger partial charge in [0.1, 0.15) is 54.7 Å². The number of aliphatic hydroxyl groups is 1. The number of aromatic amines is 1. The Morgan fingerprint density at radius 2 is 1.52 bits per heavy atom. The number of carbonyl (C=O) groups excluding carboxylic acids is 1. The predicted octanol–water partition coefficient (Wildman–Crippen LogP) is 4.67. The summed E-state index contributed by atoms with van der Waals surface area (Å²) >= 11 is 0. The van der Waals surface area contributed by atoms with Crippen molar-refractivity contribution in [2.24, 2.45) is 0 Å². The molecule has 1 amide bonds. The second kappa shape index (κ2) is 20.1. The van der Waals surface area contributed by atoms with E-state index in [4.69, 9.17) is 43.2 Å². The van der Waals surface area contributed by atoms with E-state index in [0.717, 1.165) is 16.7 Å². The molecule has 0 saturated carbocycles. The fraction of sp³-hybridized carbons (Fsp3) is 0.295. The van der Waals surface area contributed by atoms with Crippen LogP contribution in [-0.2, 0) is 34.1 Å². The quantitative estimate of drug-likeness (QED) is 0.0543. The number of aromatic nitrogens is 4. The van der Waals surface area contributed by atoms with E-state index in [0.29, 0.717) is 17.2 Å². The van der Waals surface area contributed by atoms with Crippen molar-refractivity contribution in [3.8, 4) is 23.3 Å². The Balaban J connectivity index is 1.20. The first-order chi connectivity index (χ1) is 29.8. The number of H-pyrrole nitrogens is 1. The van der Waals surface area contributed by atoms with Gasteiger partial charge in [-0.3, -0.25) is 24.5 Å². The van der Waals surface area contributed by atoms with Crippen LogP contribution in [0.15, 0.2) is 120 Å². The number of imidazole rings is 1. The number of carbonyl (C=O) groups is 1. The van der Waals surface area contributed by atoms with E-state index in [1.165, 1.54) is 10.9 Å². The largest absolute Gasteiger partial charge is 0.497 e. The van der Waals surface area contributed by atoms with Crippen molar-refractivity contribution in [2.75, 3.05) is 52.9 Å². The standard InChI is InChI=1S/C44H44N6O11/c1-54-32-18-14-30(15-19-32)44(29-10-5-3-6-11-29,31-16-20-33(55-2)21-17-31)60-24-35-38(52)39(59-28-57-27-56-23-9-22-45)42(61-35)50-26-46-37-40(50)48-43(49-41(37)53)47-36(51)25-58-34-12-7-4-8-13-34/h3-8,10-21,26,35,38-39,42,52H,9,23-25,27-28H2,1-2H3,(H2,47,48,49,51,53)/t35-,38-,39-,42-/m1/s1. The summed E-state index contributed by atoms with van der Waals surface area (Å²) in [7, 11) is 3.18. The molecule has 4 atom stereocenters. The van der Waals surface area contributed by atoms with E-state index >= 15 is 0 Å². The highest BCUT2D eigenvalue weighted by atomic mass is 16.7. The molecular formula is C44H44N6O11. The minimum absolute atomic E-state index is 0.0336. The van der Waals surface area contributed by atoms with Gasteiger partial charge in [-0.25, -0.2) is 4.98 Å². The number of nitrogens with one attached hydrogen (secondary N) is 2. The van der Waals surface area contributed by atoms with Gasteiger partial charge in [-0.1, -0.05) is 72.8 Å². The van der Waals surface area contributed by atoms with E-state index in [9.17, 15) is 14.7 Å². The fourth-order valence-corrected chi connectivity index (χ4v) is 6.94. The Labute approximate surface area is 350 Å². The van der Waals surface area contributed by atoms with Crippen LogP contribution in [0.25, 0.3) is 11.2 Å². The van der Waals surface area contributed by atoms with E-state index in [-0.39, 0.29) is 56.9 Å². The number of amides is 1. The number of rotatable bonds is 20. The summed E-state index contributed by atoms with van der Waals surface area (Å²) in [6, 6.07) is 35.5. The number of fused-ring (bicyclic) bond motifs is 1. The number of para-hydroxylation sites is 1. The first-order valence-corrected chi connectivity index (χ1v) is 19.2. The maximum atomic E-state index is 13.3. The third-order valence-electron chi connectivity index (χ3n) is 9.90. The molecule has 0 unspecified atom stereocenters. The zero-order chi connectivity index (χ0) is 42.6. The second-order valence-electron chi connectivity index (χ2n) is 13.6. The summed E-state index contributed by atoms with van der Waals surface area (Å²) in [5.41, 5.74) is 0.418. The molecule has 6 aromatic rings. The lowest BCUT2D eigenvalue weighted by molar-refractivity contribution is -0.174. The Hall–Kier alpha value is -6.65. The third kappa shape index (κ3) is 9.71. The minimum atomic E-state index is -1.33. The van der Waals surface area contributed by atoms with Gasteiger partial charge in [0.2, 0.25) is 5.95 Å². The van der Waals surface area contributed by atoms with Crippen molar-refractivity contribution in [1.29, 1.82) is 5.26 Å². The molecule has 17 heteroatoms. The Morgan fingerprint density at radius 3 is 2.16 bits per heavy atom. The van der Waals surface area contributed by atoms with Gasteiger partial charge >= 0.3 is 0 Å². The molecule has 0 spiro atoms. The van der Waals surface area contributed by atoms with Crippen LogP contribution in [-0.4, -0.2) is 96.5 Å². The Bertz CT molecular complexity index is 2390. The maximum absolute atomic E-state index is 13.3. The van der Waals surface area contributed by atoms with Crippen molar-refractivity contribution in [2.45, 2.75) is 36.6 Å². The van der Waals surface area contributed by atoms with Gasteiger partial charge < -0.3 is 43.0 Å². The van der Waals surface area contributed by atoms with Crippen LogP contribution >= 0.6 is 0 Å². The van der Waals surface area contributed by atoms with Gasteiger partial charge in [-0.15, -0.1) is 0 Å². The average Bonchev–Trinajstić information content (AvgIpc) is 3.86. The Kier molecular flexibility index (Phi) is 14.0. The molecule has 1 aliphatic heterocycles. The van der Waals surface area contributed by atoms with Gasteiger partial charge in [0.25, 0.3) is 11.5 Å². The molecule has 1 aliphatic rings. The van der Waals surface area contributed by atoms with Crippen molar-refractivity contribution < 1.29 is 47.8 Å². The molecule has 17 nitrogen and oxygen atoms in total. The lowest BCUT2D eigenvalue weighted by atomic mass is 9.80. The second-order valence-corrected chi connectivity index (χ2v) is 13.6. The van der Waals surface area contributed by atoms with Crippen molar-refractivity contribution in [3.05, 3.63) is 143 Å². The number of benzene rings is 4. The van der Waals surface area contributed by atoms with E-state index < -0.39 is 41.6 Å². The van der Waals surface area contributed by atoms with Crippen LogP contribution in [0.2, 0.25) is 0 Å². The highest BCUT2D eigenvalue weighted by Gasteiger charge is 2.48. The number of anilines is 1. The van der Waals surface area contributed by atoms with E-state index in [1.807, 2.05) is 91.0 Å². The number of hydrogen-bond acceptors (Lipinski definition) is 14. The van der Waals surface area contributed by atoms with Crippen LogP contribution < -0.4 is 25.1 Å². The van der Waals surface area contributed by atoms with Gasteiger partial charge in [0.05, 0.1) is 46.3 Å². The van der Waals surface area contributed by atoms with Crippen molar-refractivity contribution in [3.63, 3.8) is 0 Å². The smallest absolute Gasteiger partial charge is 0.280 e. The van der Waals surface area contributed by atoms with Crippen molar-refractivity contribution >= 4 is 23.0 Å². The molecule has 3 heterocycles. The normalized spacial score (nSPS) is 17.5. The first kappa shape index (κ1) is 42.5. The molecule has 2 aromatic heterocycles. The first-order valence-electron chi connectivity index (χ1n) is 19.2. The molecule has 3 N–H and O–H groups in total. The molecule has 0 aliphatic carbocycles. The highest BCUT2D eigenvalue weighted by molar-refractivity contribution is 5.90. The summed E-state index contributed by atoms with van der Waals surface area (Å²) in [5.74, 6) is 1.05. The van der Waals surface area contributed by atoms with Crippen LogP contribution in [0, 0.1) is 11.3 Å². The number of ether oxygens (including phenoxy) is 8. The summed E-state index contributed by atoms with van der Waals surface area (Å²) < 4.78 is 48.5. The summed E-state index contributed by atoms with van der Waals surface area (Å²) in [4.78, 5) is 37.4. The van der Waals surface area contributed by atoms with Crippen LogP contribution in [0.1, 0.15) is 29.3 Å². The monoisotopic (exact) mass is 832 g/mol. The molecule has 0 radical (unpaired) electrons. The number of nitriles is 1. The summed E-state index contributed by atoms with van der Waals surface area (Å²) in [5, 5.41) is 23.4. The fourth-order valence-electron chi connectivity index (χ4n) is 6.94. The summed E-state index contributed by atoms with van der Waals surface area (Å²) in [6.45, 7) is -0.868. The van der Waals surface area contributed by atoms with Crippen LogP contribution in [0.4, 0.5) is 5.95 Å². The molecule has 4 aromatic carbocycles. The summed E-state index contributed by atoms with van der Waals surface area (Å²) in [6.07, 6.45) is -3.11. The maximum Gasteiger partial charge on any atom is 0.280 e. The third-order valence-corrected chi connectivity index (χ3v) is 9.90. The zero-order valence-corrected chi connectivity index (χ0v) is 33.3. The number of methoxy groups -OCH3 is 2. The lowest BCUT2D eigenvalue weighted by Gasteiger charge is -2.37. The molecular weight excluding hydrogens is 789 g/mol. The number of aliphatic hydroxyl groups excluding tert-OH is 1. The molecule has 1 fully saturated rings.